The number of sulfonamides is 1. The summed E-state index contributed by atoms with van der Waals surface area (Å²) < 4.78 is 28.9. The van der Waals surface area contributed by atoms with E-state index in [4.69, 9.17) is 34.8 Å². The molecule has 0 aliphatic carbocycles. The first kappa shape index (κ1) is 32.7. The smallest absolute Gasteiger partial charge is 0.264 e. The highest BCUT2D eigenvalue weighted by Gasteiger charge is 2.34. The predicted octanol–water partition coefficient (Wildman–Crippen LogP) is 6.73. The number of nitrogens with one attached hydrogen (secondary N) is 1. The van der Waals surface area contributed by atoms with Gasteiger partial charge in [-0.2, -0.15) is 0 Å². The summed E-state index contributed by atoms with van der Waals surface area (Å²) in [7, 11) is -4.24. The first-order chi connectivity index (χ1) is 19.3. The van der Waals surface area contributed by atoms with E-state index in [1.54, 1.807) is 43.3 Å². The van der Waals surface area contributed by atoms with Crippen molar-refractivity contribution in [2.75, 3.05) is 17.4 Å². The molecule has 2 amide bonds. The standard InChI is InChI=1S/C30H34Cl3N3O4S/c1-5-28(30(38)34-17-20(2)3)35(18-22-8-10-23(31)11-9-22)29(37)19-36(26-15-24(32)14-25(33)16-26)41(39,40)27-12-6-21(4)7-13-27/h6-16,20,28H,5,17-19H2,1-4H3,(H,34,38)/t28-/m1/s1. The van der Waals surface area contributed by atoms with Crippen molar-refractivity contribution in [2.45, 2.75) is 51.6 Å². The molecular formula is C30H34Cl3N3O4S. The quantitative estimate of drug-likeness (QED) is 0.238. The number of rotatable bonds is 12. The Morgan fingerprint density at radius 2 is 1.46 bits per heavy atom. The van der Waals surface area contributed by atoms with Crippen LogP contribution >= 0.6 is 34.8 Å². The molecule has 0 heterocycles. The molecule has 220 valence electrons. The Morgan fingerprint density at radius 3 is 2.00 bits per heavy atom. The molecule has 7 nitrogen and oxygen atoms in total. The molecular weight excluding hydrogens is 605 g/mol. The molecule has 41 heavy (non-hydrogen) atoms. The zero-order chi connectivity index (χ0) is 30.3. The topological polar surface area (TPSA) is 86.8 Å². The summed E-state index contributed by atoms with van der Waals surface area (Å²) in [5.74, 6) is -0.680. The third kappa shape index (κ3) is 8.85. The van der Waals surface area contributed by atoms with E-state index in [0.29, 0.717) is 18.0 Å². The fraction of sp³-hybridized carbons (Fsp3) is 0.333. The van der Waals surface area contributed by atoms with Gasteiger partial charge in [0, 0.05) is 28.2 Å². The molecule has 0 aromatic heterocycles. The lowest BCUT2D eigenvalue weighted by Gasteiger charge is -2.33. The molecule has 0 unspecified atom stereocenters. The molecule has 0 bridgehead atoms. The van der Waals surface area contributed by atoms with Crippen LogP contribution in [0.15, 0.2) is 71.6 Å². The van der Waals surface area contributed by atoms with Crippen LogP contribution in [-0.2, 0) is 26.2 Å². The lowest BCUT2D eigenvalue weighted by molar-refractivity contribution is -0.140. The largest absolute Gasteiger partial charge is 0.354 e. The molecule has 3 aromatic carbocycles. The van der Waals surface area contributed by atoms with Crippen LogP contribution < -0.4 is 9.62 Å². The minimum atomic E-state index is -4.24. The Bertz CT molecular complexity index is 1440. The van der Waals surface area contributed by atoms with Gasteiger partial charge in [0.25, 0.3) is 10.0 Å². The minimum Gasteiger partial charge on any atom is -0.354 e. The van der Waals surface area contributed by atoms with Crippen LogP contribution in [0.3, 0.4) is 0 Å². The van der Waals surface area contributed by atoms with E-state index < -0.39 is 28.5 Å². The summed E-state index contributed by atoms with van der Waals surface area (Å²) in [5.41, 5.74) is 1.74. The highest BCUT2D eigenvalue weighted by atomic mass is 35.5. The molecule has 11 heteroatoms. The Labute approximate surface area is 257 Å². The van der Waals surface area contributed by atoms with E-state index in [1.165, 1.54) is 35.2 Å². The summed E-state index contributed by atoms with van der Waals surface area (Å²) in [6.45, 7) is 7.52. The van der Waals surface area contributed by atoms with Crippen molar-refractivity contribution in [3.05, 3.63) is 92.9 Å². The highest BCUT2D eigenvalue weighted by molar-refractivity contribution is 7.92. The monoisotopic (exact) mass is 637 g/mol. The molecule has 0 aliphatic heterocycles. The molecule has 0 aliphatic rings. The average Bonchev–Trinajstić information content (AvgIpc) is 2.91. The fourth-order valence-electron chi connectivity index (χ4n) is 4.18. The maximum atomic E-state index is 14.1. The first-order valence-corrected chi connectivity index (χ1v) is 15.8. The molecule has 3 rings (SSSR count). The molecule has 0 spiro atoms. The molecule has 3 aromatic rings. The van der Waals surface area contributed by atoms with Crippen LogP contribution in [0.1, 0.15) is 38.3 Å². The summed E-state index contributed by atoms with van der Waals surface area (Å²) >= 11 is 18.5. The van der Waals surface area contributed by atoms with E-state index >= 15 is 0 Å². The number of hydrogen-bond donors (Lipinski definition) is 1. The van der Waals surface area contributed by atoms with Crippen molar-refractivity contribution in [3.8, 4) is 0 Å². The van der Waals surface area contributed by atoms with E-state index in [9.17, 15) is 18.0 Å². The van der Waals surface area contributed by atoms with Gasteiger partial charge >= 0.3 is 0 Å². The van der Waals surface area contributed by atoms with Gasteiger partial charge in [0.05, 0.1) is 10.6 Å². The predicted molar refractivity (Wildman–Crippen MR) is 166 cm³/mol. The van der Waals surface area contributed by atoms with Crippen LogP contribution in [0, 0.1) is 12.8 Å². The van der Waals surface area contributed by atoms with Gasteiger partial charge in [0.15, 0.2) is 0 Å². The van der Waals surface area contributed by atoms with Crippen LogP contribution in [0.2, 0.25) is 15.1 Å². The maximum Gasteiger partial charge on any atom is 0.264 e. The van der Waals surface area contributed by atoms with Gasteiger partial charge in [-0.25, -0.2) is 8.42 Å². The Hall–Kier alpha value is -2.78. The number of aryl methyl sites for hydroxylation is 1. The van der Waals surface area contributed by atoms with Crippen molar-refractivity contribution >= 4 is 62.3 Å². The second-order valence-electron chi connectivity index (χ2n) is 10.2. The van der Waals surface area contributed by atoms with Crippen molar-refractivity contribution in [2.24, 2.45) is 5.92 Å². The number of amides is 2. The van der Waals surface area contributed by atoms with Crippen molar-refractivity contribution < 1.29 is 18.0 Å². The number of anilines is 1. The van der Waals surface area contributed by atoms with Gasteiger partial charge in [-0.15, -0.1) is 0 Å². The summed E-state index contributed by atoms with van der Waals surface area (Å²) in [4.78, 5) is 28.8. The van der Waals surface area contributed by atoms with Crippen molar-refractivity contribution in [1.29, 1.82) is 0 Å². The number of carbonyl (C=O) groups is 2. The van der Waals surface area contributed by atoms with Crippen LogP contribution in [0.25, 0.3) is 0 Å². The second kappa shape index (κ2) is 14.4. The molecule has 0 fully saturated rings. The zero-order valence-corrected chi connectivity index (χ0v) is 26.5. The van der Waals surface area contributed by atoms with Crippen LogP contribution in [0.4, 0.5) is 5.69 Å². The maximum absolute atomic E-state index is 14.1. The Kier molecular flexibility index (Phi) is 11.5. The SMILES string of the molecule is CC[C@H](C(=O)NCC(C)C)N(Cc1ccc(Cl)cc1)C(=O)CN(c1cc(Cl)cc(Cl)c1)S(=O)(=O)c1ccc(C)cc1. The lowest BCUT2D eigenvalue weighted by atomic mass is 10.1. The van der Waals surface area contributed by atoms with E-state index in [2.05, 4.69) is 5.32 Å². The number of hydrogen-bond acceptors (Lipinski definition) is 4. The van der Waals surface area contributed by atoms with Gasteiger partial charge in [-0.3, -0.25) is 13.9 Å². The number of carbonyl (C=O) groups excluding carboxylic acids is 2. The number of benzene rings is 3. The minimum absolute atomic E-state index is 0.00188. The first-order valence-electron chi connectivity index (χ1n) is 13.2. The van der Waals surface area contributed by atoms with Crippen LogP contribution in [-0.4, -0.2) is 44.3 Å². The van der Waals surface area contributed by atoms with Gasteiger partial charge in [0.1, 0.15) is 12.6 Å². The lowest BCUT2D eigenvalue weighted by Crippen LogP contribution is -2.52. The third-order valence-corrected chi connectivity index (χ3v) is 8.84. The van der Waals surface area contributed by atoms with E-state index in [0.717, 1.165) is 15.4 Å². The summed E-state index contributed by atoms with van der Waals surface area (Å²) in [5, 5.41) is 3.85. The van der Waals surface area contributed by atoms with Crippen molar-refractivity contribution in [1.82, 2.24) is 10.2 Å². The number of halogens is 3. The third-order valence-electron chi connectivity index (χ3n) is 6.36. The molecule has 0 saturated heterocycles. The summed E-state index contributed by atoms with van der Waals surface area (Å²) in [6.07, 6.45) is 0.316. The molecule has 1 N–H and O–H groups in total. The van der Waals surface area contributed by atoms with E-state index in [1.807, 2.05) is 20.8 Å². The Balaban J connectivity index is 2.07. The zero-order valence-electron chi connectivity index (χ0n) is 23.4. The number of nitrogens with zero attached hydrogens (tertiary/aromatic N) is 2. The average molecular weight is 639 g/mol. The summed E-state index contributed by atoms with van der Waals surface area (Å²) in [6, 6.07) is 16.7. The van der Waals surface area contributed by atoms with Gasteiger partial charge in [-0.05, 0) is 67.3 Å². The second-order valence-corrected chi connectivity index (χ2v) is 13.3. The molecule has 1 atom stereocenters. The van der Waals surface area contributed by atoms with Crippen LogP contribution in [0.5, 0.6) is 0 Å². The molecule has 0 saturated carbocycles. The highest BCUT2D eigenvalue weighted by Crippen LogP contribution is 2.30. The van der Waals surface area contributed by atoms with Gasteiger partial charge < -0.3 is 10.2 Å². The van der Waals surface area contributed by atoms with E-state index in [-0.39, 0.29) is 39.0 Å². The fourth-order valence-corrected chi connectivity index (χ4v) is 6.22. The normalized spacial score (nSPS) is 12.2. The van der Waals surface area contributed by atoms with Gasteiger partial charge in [0.2, 0.25) is 11.8 Å². The van der Waals surface area contributed by atoms with Gasteiger partial charge in [-0.1, -0.05) is 85.4 Å². The molecule has 0 radical (unpaired) electrons. The van der Waals surface area contributed by atoms with Crippen molar-refractivity contribution in [3.63, 3.8) is 0 Å². The Morgan fingerprint density at radius 1 is 0.878 bits per heavy atom.